The number of piperidine rings is 1. The highest BCUT2D eigenvalue weighted by Crippen LogP contribution is 2.19. The van der Waals surface area contributed by atoms with E-state index in [0.29, 0.717) is 25.6 Å². The Morgan fingerprint density at radius 1 is 1.19 bits per heavy atom. The Morgan fingerprint density at radius 3 is 2.56 bits per heavy atom. The van der Waals surface area contributed by atoms with Gasteiger partial charge in [-0.05, 0) is 45.7 Å². The molecule has 27 heavy (non-hydrogen) atoms. The van der Waals surface area contributed by atoms with E-state index in [1.54, 1.807) is 4.90 Å². The van der Waals surface area contributed by atoms with Crippen LogP contribution in [0, 0.1) is 13.8 Å². The molecule has 1 fully saturated rings. The minimum atomic E-state index is -0.224. The average Bonchev–Trinajstić information content (AvgIpc) is 2.64. The van der Waals surface area contributed by atoms with Crippen LogP contribution in [0.25, 0.3) is 0 Å². The number of benzene rings is 1. The molecule has 7 nitrogen and oxygen atoms in total. The van der Waals surface area contributed by atoms with Gasteiger partial charge >= 0.3 is 6.09 Å². The van der Waals surface area contributed by atoms with E-state index in [1.807, 2.05) is 32.0 Å². The zero-order valence-corrected chi connectivity index (χ0v) is 16.2. The Labute approximate surface area is 160 Å². The highest BCUT2D eigenvalue weighted by molar-refractivity contribution is 5.67. The monoisotopic (exact) mass is 369 g/mol. The zero-order valence-electron chi connectivity index (χ0n) is 16.2. The molecule has 2 N–H and O–H groups in total. The van der Waals surface area contributed by atoms with E-state index in [4.69, 9.17) is 4.74 Å². The van der Waals surface area contributed by atoms with Crippen molar-refractivity contribution in [3.63, 3.8) is 0 Å². The number of carbonyl (C=O) groups is 1. The molecular weight excluding hydrogens is 342 g/mol. The van der Waals surface area contributed by atoms with Crippen molar-refractivity contribution < 1.29 is 9.53 Å². The van der Waals surface area contributed by atoms with Crippen LogP contribution in [-0.4, -0.2) is 46.7 Å². The van der Waals surface area contributed by atoms with Crippen molar-refractivity contribution in [2.24, 2.45) is 0 Å². The SMILES string of the molecule is CCOC(=O)N1CCC(Nc2cc(C)nc(Nc3ccc(C)cc3)n2)CC1. The Bertz CT molecular complexity index is 770. The van der Waals surface area contributed by atoms with Crippen LogP contribution >= 0.6 is 0 Å². The van der Waals surface area contributed by atoms with Gasteiger partial charge in [0.15, 0.2) is 0 Å². The summed E-state index contributed by atoms with van der Waals surface area (Å²) >= 11 is 0. The number of rotatable bonds is 5. The molecule has 3 rings (SSSR count). The third-order valence-corrected chi connectivity index (χ3v) is 4.53. The maximum atomic E-state index is 11.8. The predicted octanol–water partition coefficient (Wildman–Crippen LogP) is 3.87. The number of nitrogens with zero attached hydrogens (tertiary/aromatic N) is 3. The van der Waals surface area contributed by atoms with E-state index in [1.165, 1.54) is 5.56 Å². The molecule has 0 bridgehead atoms. The summed E-state index contributed by atoms with van der Waals surface area (Å²) in [5, 5.41) is 6.73. The third-order valence-electron chi connectivity index (χ3n) is 4.53. The lowest BCUT2D eigenvalue weighted by molar-refractivity contribution is 0.0983. The summed E-state index contributed by atoms with van der Waals surface area (Å²) in [6.07, 6.45) is 1.50. The molecule has 1 aliphatic heterocycles. The molecule has 0 radical (unpaired) electrons. The van der Waals surface area contributed by atoms with Crippen LogP contribution in [0.2, 0.25) is 0 Å². The number of carbonyl (C=O) groups excluding carboxylic acids is 1. The van der Waals surface area contributed by atoms with Gasteiger partial charge in [0.2, 0.25) is 5.95 Å². The molecule has 1 amide bonds. The number of amides is 1. The molecule has 1 aromatic heterocycles. The van der Waals surface area contributed by atoms with Gasteiger partial charge in [-0.15, -0.1) is 0 Å². The van der Waals surface area contributed by atoms with E-state index >= 15 is 0 Å². The number of hydrogen-bond acceptors (Lipinski definition) is 6. The van der Waals surface area contributed by atoms with Gasteiger partial charge in [-0.25, -0.2) is 9.78 Å². The fraction of sp³-hybridized carbons (Fsp3) is 0.450. The first kappa shape index (κ1) is 18.9. The Balaban J connectivity index is 1.60. The van der Waals surface area contributed by atoms with E-state index in [2.05, 4.69) is 39.7 Å². The summed E-state index contributed by atoms with van der Waals surface area (Å²) in [6, 6.07) is 10.3. The first-order valence-electron chi connectivity index (χ1n) is 9.41. The summed E-state index contributed by atoms with van der Waals surface area (Å²) < 4.78 is 5.07. The fourth-order valence-corrected chi connectivity index (χ4v) is 3.09. The molecule has 0 saturated carbocycles. The molecule has 0 atom stereocenters. The van der Waals surface area contributed by atoms with Crippen molar-refractivity contribution in [1.82, 2.24) is 14.9 Å². The van der Waals surface area contributed by atoms with Crippen LogP contribution < -0.4 is 10.6 Å². The lowest BCUT2D eigenvalue weighted by Crippen LogP contribution is -2.42. The number of anilines is 3. The normalized spacial score (nSPS) is 14.7. The molecule has 1 saturated heterocycles. The molecule has 2 aromatic rings. The summed E-state index contributed by atoms with van der Waals surface area (Å²) in [5.41, 5.74) is 3.06. The Kier molecular flexibility index (Phi) is 6.11. The van der Waals surface area contributed by atoms with Crippen LogP contribution in [0.4, 0.5) is 22.2 Å². The number of hydrogen-bond donors (Lipinski definition) is 2. The topological polar surface area (TPSA) is 79.4 Å². The molecule has 0 spiro atoms. The second kappa shape index (κ2) is 8.70. The van der Waals surface area contributed by atoms with E-state index in [-0.39, 0.29) is 12.1 Å². The molecule has 144 valence electrons. The molecule has 0 aliphatic carbocycles. The van der Waals surface area contributed by atoms with Gasteiger partial charge in [0, 0.05) is 36.6 Å². The van der Waals surface area contributed by atoms with Crippen LogP contribution in [-0.2, 0) is 4.74 Å². The zero-order chi connectivity index (χ0) is 19.2. The van der Waals surface area contributed by atoms with E-state index in [0.717, 1.165) is 30.0 Å². The second-order valence-corrected chi connectivity index (χ2v) is 6.81. The summed E-state index contributed by atoms with van der Waals surface area (Å²) in [4.78, 5) is 22.6. The van der Waals surface area contributed by atoms with Gasteiger partial charge in [0.1, 0.15) is 5.82 Å². The smallest absolute Gasteiger partial charge is 0.409 e. The highest BCUT2D eigenvalue weighted by atomic mass is 16.6. The molecule has 0 unspecified atom stereocenters. The van der Waals surface area contributed by atoms with Crippen molar-refractivity contribution in [2.45, 2.75) is 39.7 Å². The first-order chi connectivity index (χ1) is 13.0. The highest BCUT2D eigenvalue weighted by Gasteiger charge is 2.23. The largest absolute Gasteiger partial charge is 0.450 e. The second-order valence-electron chi connectivity index (χ2n) is 6.81. The lowest BCUT2D eigenvalue weighted by Gasteiger charge is -2.31. The lowest BCUT2D eigenvalue weighted by atomic mass is 10.1. The molecule has 2 heterocycles. The van der Waals surface area contributed by atoms with Crippen molar-refractivity contribution in [1.29, 1.82) is 0 Å². The summed E-state index contributed by atoms with van der Waals surface area (Å²) in [5.74, 6) is 1.37. The third kappa shape index (κ3) is 5.32. The number of aryl methyl sites for hydroxylation is 2. The molecule has 7 heteroatoms. The average molecular weight is 369 g/mol. The van der Waals surface area contributed by atoms with Crippen molar-refractivity contribution >= 4 is 23.5 Å². The van der Waals surface area contributed by atoms with Crippen LogP contribution in [0.5, 0.6) is 0 Å². The van der Waals surface area contributed by atoms with Crippen LogP contribution in [0.15, 0.2) is 30.3 Å². The number of nitrogens with one attached hydrogen (secondary N) is 2. The maximum absolute atomic E-state index is 11.8. The van der Waals surface area contributed by atoms with Gasteiger partial charge in [0.25, 0.3) is 0 Å². The van der Waals surface area contributed by atoms with Gasteiger partial charge in [-0.3, -0.25) is 0 Å². The van der Waals surface area contributed by atoms with E-state index in [9.17, 15) is 4.79 Å². The summed E-state index contributed by atoms with van der Waals surface area (Å²) in [7, 11) is 0. The first-order valence-corrected chi connectivity index (χ1v) is 9.41. The van der Waals surface area contributed by atoms with Crippen molar-refractivity contribution in [3.05, 3.63) is 41.6 Å². The summed E-state index contributed by atoms with van der Waals surface area (Å²) in [6.45, 7) is 7.63. The van der Waals surface area contributed by atoms with Gasteiger partial charge in [0.05, 0.1) is 6.61 Å². The Hall–Kier alpha value is -2.83. The minimum absolute atomic E-state index is 0.224. The Morgan fingerprint density at radius 2 is 1.89 bits per heavy atom. The van der Waals surface area contributed by atoms with Crippen LogP contribution in [0.3, 0.4) is 0 Å². The predicted molar refractivity (Wildman–Crippen MR) is 106 cm³/mol. The standard InChI is InChI=1S/C20H27N5O2/c1-4-27-20(26)25-11-9-17(10-12-25)22-18-13-15(3)21-19(24-18)23-16-7-5-14(2)6-8-16/h5-8,13,17H,4,9-12H2,1-3H3,(H2,21,22,23,24). The van der Waals surface area contributed by atoms with E-state index < -0.39 is 0 Å². The molecule has 1 aromatic carbocycles. The van der Waals surface area contributed by atoms with Gasteiger partial charge in [-0.2, -0.15) is 4.98 Å². The van der Waals surface area contributed by atoms with Crippen molar-refractivity contribution in [2.75, 3.05) is 30.3 Å². The quantitative estimate of drug-likeness (QED) is 0.833. The van der Waals surface area contributed by atoms with Gasteiger partial charge in [-0.1, -0.05) is 17.7 Å². The minimum Gasteiger partial charge on any atom is -0.450 e. The fourth-order valence-electron chi connectivity index (χ4n) is 3.09. The number of ether oxygens (including phenoxy) is 1. The molecular formula is C20H27N5O2. The van der Waals surface area contributed by atoms with Crippen LogP contribution in [0.1, 0.15) is 31.0 Å². The number of aromatic nitrogens is 2. The van der Waals surface area contributed by atoms with Crippen molar-refractivity contribution in [3.8, 4) is 0 Å². The van der Waals surface area contributed by atoms with Gasteiger partial charge < -0.3 is 20.3 Å². The maximum Gasteiger partial charge on any atom is 0.409 e. The molecule has 1 aliphatic rings. The number of likely N-dealkylation sites (tertiary alicyclic amines) is 1.